The summed E-state index contributed by atoms with van der Waals surface area (Å²) < 4.78 is 31.8. The Morgan fingerprint density at radius 3 is 2.62 bits per heavy atom. The molecule has 0 radical (unpaired) electrons. The van der Waals surface area contributed by atoms with Crippen LogP contribution in [0.25, 0.3) is 17.2 Å². The third-order valence-electron chi connectivity index (χ3n) is 6.39. The molecule has 6 rings (SSSR count). The van der Waals surface area contributed by atoms with Crippen LogP contribution in [0.4, 0.5) is 14.7 Å². The number of aromatic amines is 1. The van der Waals surface area contributed by atoms with Crippen LogP contribution in [0.5, 0.6) is 11.6 Å². The highest BCUT2D eigenvalue weighted by Gasteiger charge is 2.68. The van der Waals surface area contributed by atoms with Crippen LogP contribution >= 0.6 is 0 Å². The van der Waals surface area contributed by atoms with Crippen LogP contribution < -0.4 is 10.1 Å². The number of hydrogen-bond acceptors (Lipinski definition) is 6. The molecule has 0 saturated heterocycles. The van der Waals surface area contributed by atoms with Crippen molar-refractivity contribution in [2.24, 2.45) is 5.41 Å². The van der Waals surface area contributed by atoms with Crippen LogP contribution in [0.1, 0.15) is 42.4 Å². The lowest BCUT2D eigenvalue weighted by Crippen LogP contribution is -2.71. The highest BCUT2D eigenvalue weighted by Crippen LogP contribution is 2.70. The number of benzene rings is 1. The van der Waals surface area contributed by atoms with Crippen molar-refractivity contribution in [3.05, 3.63) is 41.2 Å². The van der Waals surface area contributed by atoms with Gasteiger partial charge in [-0.25, -0.2) is 13.8 Å². The lowest BCUT2D eigenvalue weighted by Gasteiger charge is -2.70. The molecule has 3 aromatic rings. The molecule has 3 aliphatic rings. The van der Waals surface area contributed by atoms with Crippen LogP contribution in [0.2, 0.25) is 0 Å². The van der Waals surface area contributed by atoms with E-state index >= 15 is 0 Å². The molecular formula is C23H22F2N6O. The van der Waals surface area contributed by atoms with Gasteiger partial charge in [0.05, 0.1) is 12.4 Å². The number of alkyl halides is 2. The Hall–Kier alpha value is -3.54. The number of aryl methyl sites for hydroxylation is 2. The van der Waals surface area contributed by atoms with Gasteiger partial charge >= 0.3 is 0 Å². The van der Waals surface area contributed by atoms with Gasteiger partial charge in [0.2, 0.25) is 12.4 Å². The minimum Gasteiger partial charge on any atom is -0.436 e. The Morgan fingerprint density at radius 2 is 1.97 bits per heavy atom. The van der Waals surface area contributed by atoms with E-state index in [4.69, 9.17) is 10.00 Å². The molecule has 2 heterocycles. The second kappa shape index (κ2) is 7.26. The fourth-order valence-electron chi connectivity index (χ4n) is 5.32. The Labute approximate surface area is 183 Å². The van der Waals surface area contributed by atoms with Gasteiger partial charge in [0.1, 0.15) is 11.3 Å². The summed E-state index contributed by atoms with van der Waals surface area (Å²) in [6, 6.07) is 5.86. The van der Waals surface area contributed by atoms with E-state index in [1.54, 1.807) is 6.08 Å². The van der Waals surface area contributed by atoms with E-state index in [2.05, 4.69) is 25.3 Å². The summed E-state index contributed by atoms with van der Waals surface area (Å²) >= 11 is 0. The molecule has 3 saturated carbocycles. The third kappa shape index (κ3) is 3.45. The molecule has 164 valence electrons. The lowest BCUT2D eigenvalue weighted by molar-refractivity contribution is -0.146. The number of allylic oxidation sites excluding steroid dienone is 1. The number of nitrogens with one attached hydrogen (secondary N) is 2. The molecule has 0 aliphatic heterocycles. The highest BCUT2D eigenvalue weighted by molar-refractivity contribution is 5.77. The normalized spacial score (nSPS) is 23.8. The van der Waals surface area contributed by atoms with Crippen molar-refractivity contribution in [3.8, 4) is 17.7 Å². The zero-order valence-electron chi connectivity index (χ0n) is 17.7. The van der Waals surface area contributed by atoms with Gasteiger partial charge < -0.3 is 15.0 Å². The summed E-state index contributed by atoms with van der Waals surface area (Å²) in [4.78, 5) is 16.3. The third-order valence-corrected chi connectivity index (χ3v) is 6.39. The van der Waals surface area contributed by atoms with E-state index < -0.39 is 6.43 Å². The van der Waals surface area contributed by atoms with Gasteiger partial charge in [-0.2, -0.15) is 15.2 Å². The number of fused-ring (bicyclic) bond motifs is 1. The molecule has 0 atom stereocenters. The maximum absolute atomic E-state index is 12.8. The average molecular weight is 436 g/mol. The monoisotopic (exact) mass is 436 g/mol. The molecule has 32 heavy (non-hydrogen) atoms. The Morgan fingerprint density at radius 1 is 1.25 bits per heavy atom. The molecule has 1 aromatic carbocycles. The topological polar surface area (TPSA) is 99.5 Å². The predicted octanol–water partition coefficient (Wildman–Crippen LogP) is 5.29. The Bertz CT molecular complexity index is 1230. The molecule has 0 amide bonds. The van der Waals surface area contributed by atoms with Gasteiger partial charge in [0.25, 0.3) is 5.88 Å². The number of rotatable bonds is 7. The molecule has 0 spiro atoms. The first-order chi connectivity index (χ1) is 15.3. The van der Waals surface area contributed by atoms with Crippen LogP contribution in [-0.4, -0.2) is 31.9 Å². The number of ether oxygens (including phenoxy) is 1. The van der Waals surface area contributed by atoms with E-state index in [-0.39, 0.29) is 17.4 Å². The van der Waals surface area contributed by atoms with Crippen LogP contribution in [0, 0.1) is 30.6 Å². The SMILES string of the molecule is Cc1cc(/C=C/C#N)cc(C)c1Oc1nc(NC23CC(CC(F)F)(C2)C3)nc2nc[nH]c12. The quantitative estimate of drug-likeness (QED) is 0.488. The zero-order chi connectivity index (χ0) is 22.5. The van der Waals surface area contributed by atoms with Gasteiger partial charge in [0, 0.05) is 18.0 Å². The highest BCUT2D eigenvalue weighted by atomic mass is 19.3. The van der Waals surface area contributed by atoms with E-state index in [0.29, 0.717) is 48.0 Å². The molecule has 2 aromatic heterocycles. The molecule has 7 nitrogen and oxygen atoms in total. The van der Waals surface area contributed by atoms with Crippen molar-refractivity contribution < 1.29 is 13.5 Å². The number of aromatic nitrogens is 4. The second-order valence-electron chi connectivity index (χ2n) is 9.03. The minimum absolute atomic E-state index is 0.0395. The van der Waals surface area contributed by atoms with Crippen molar-refractivity contribution in [1.82, 2.24) is 19.9 Å². The number of H-pyrrole nitrogens is 1. The van der Waals surface area contributed by atoms with Gasteiger partial charge in [-0.05, 0) is 73.4 Å². The van der Waals surface area contributed by atoms with Gasteiger partial charge in [0.15, 0.2) is 5.65 Å². The van der Waals surface area contributed by atoms with E-state index in [1.807, 2.05) is 32.0 Å². The lowest BCUT2D eigenvalue weighted by atomic mass is 9.38. The number of halogens is 2. The summed E-state index contributed by atoms with van der Waals surface area (Å²) in [5.41, 5.74) is 3.31. The van der Waals surface area contributed by atoms with Gasteiger partial charge in [-0.3, -0.25) is 0 Å². The summed E-state index contributed by atoms with van der Waals surface area (Å²) in [6.07, 6.45) is 4.52. The van der Waals surface area contributed by atoms with Crippen molar-refractivity contribution in [1.29, 1.82) is 5.26 Å². The standard InChI is InChI=1S/C23H22F2N6O/c1-13-6-15(4-3-5-26)7-14(2)18(13)32-20-17-19(28-12-27-17)29-21(30-20)31-23-9-22(10-23,11-23)8-16(24)25/h3-4,6-7,12,16H,8-11H2,1-2H3,(H2,27,28,29,30,31)/b4-3+. The molecular weight excluding hydrogens is 414 g/mol. The summed E-state index contributed by atoms with van der Waals surface area (Å²) in [5, 5.41) is 12.1. The number of hydrogen-bond donors (Lipinski definition) is 2. The number of nitrogens with zero attached hydrogens (tertiary/aromatic N) is 4. The molecule has 9 heteroatoms. The van der Waals surface area contributed by atoms with Gasteiger partial charge in [-0.15, -0.1) is 0 Å². The second-order valence-corrected chi connectivity index (χ2v) is 9.03. The molecule has 2 N–H and O–H groups in total. The molecule has 3 aliphatic carbocycles. The van der Waals surface area contributed by atoms with E-state index in [0.717, 1.165) is 16.7 Å². The largest absolute Gasteiger partial charge is 0.436 e. The molecule has 3 fully saturated rings. The summed E-state index contributed by atoms with van der Waals surface area (Å²) in [5.74, 6) is 1.39. The molecule has 0 unspecified atom stereocenters. The van der Waals surface area contributed by atoms with Crippen molar-refractivity contribution >= 4 is 23.2 Å². The van der Waals surface area contributed by atoms with Crippen molar-refractivity contribution in [2.75, 3.05) is 5.32 Å². The van der Waals surface area contributed by atoms with E-state index in [9.17, 15) is 8.78 Å². The summed E-state index contributed by atoms with van der Waals surface area (Å²) in [6.45, 7) is 3.86. The van der Waals surface area contributed by atoms with Gasteiger partial charge in [-0.1, -0.05) is 0 Å². The average Bonchev–Trinajstić information content (AvgIpc) is 3.15. The number of nitriles is 1. The fraction of sp³-hybridized carbons (Fsp3) is 0.391. The van der Waals surface area contributed by atoms with Crippen molar-refractivity contribution in [2.45, 2.75) is 51.5 Å². The van der Waals surface area contributed by atoms with Crippen LogP contribution in [0.3, 0.4) is 0 Å². The Balaban J connectivity index is 1.41. The van der Waals surface area contributed by atoms with Crippen molar-refractivity contribution in [3.63, 3.8) is 0 Å². The smallest absolute Gasteiger partial charge is 0.250 e. The predicted molar refractivity (Wildman–Crippen MR) is 116 cm³/mol. The maximum atomic E-state index is 12.8. The first-order valence-corrected chi connectivity index (χ1v) is 10.4. The molecule has 2 bridgehead atoms. The minimum atomic E-state index is -2.27. The maximum Gasteiger partial charge on any atom is 0.250 e. The number of imidazole rings is 1. The van der Waals surface area contributed by atoms with E-state index in [1.165, 1.54) is 12.4 Å². The first-order valence-electron chi connectivity index (χ1n) is 10.4. The Kier molecular flexibility index (Phi) is 4.62. The summed E-state index contributed by atoms with van der Waals surface area (Å²) in [7, 11) is 0. The van der Waals surface area contributed by atoms with Crippen LogP contribution in [0.15, 0.2) is 24.5 Å². The first kappa shape index (κ1) is 20.4. The fourth-order valence-corrected chi connectivity index (χ4v) is 5.32. The zero-order valence-corrected chi connectivity index (χ0v) is 17.7. The number of anilines is 1. The van der Waals surface area contributed by atoms with Crippen LogP contribution in [-0.2, 0) is 0 Å².